The molecule has 0 aliphatic carbocycles. The predicted octanol–water partition coefficient (Wildman–Crippen LogP) is 22.2. The van der Waals surface area contributed by atoms with E-state index in [1.165, 1.54) is 128 Å². The van der Waals surface area contributed by atoms with E-state index >= 15 is 0 Å². The number of hydrogen-bond acceptors (Lipinski definition) is 6. The van der Waals surface area contributed by atoms with Gasteiger partial charge in [0.15, 0.2) is 6.10 Å². The van der Waals surface area contributed by atoms with Crippen LogP contribution in [0.3, 0.4) is 0 Å². The van der Waals surface area contributed by atoms with Crippen molar-refractivity contribution in [3.8, 4) is 0 Å². The molecule has 0 aromatic heterocycles. The maximum Gasteiger partial charge on any atom is 0.306 e. The molecule has 0 aromatic carbocycles. The minimum absolute atomic E-state index is 0.0927. The Balaban J connectivity index is 4.47. The summed E-state index contributed by atoms with van der Waals surface area (Å²) < 4.78 is 16.9. The summed E-state index contributed by atoms with van der Waals surface area (Å²) in [5.41, 5.74) is 0. The quantitative estimate of drug-likeness (QED) is 0.0261. The summed E-state index contributed by atoms with van der Waals surface area (Å²) in [5, 5.41) is 0. The number of unbranched alkanes of at least 4 members (excludes halogenated alkanes) is 29. The van der Waals surface area contributed by atoms with E-state index in [9.17, 15) is 14.4 Å². The standard InChI is InChI=1S/C71H120O6/c1-4-7-10-13-16-19-22-25-28-31-33-35-37-40-43-46-49-52-55-58-61-64-70(73)76-67-68(66-75-69(72)63-60-57-54-51-48-45-42-39-30-27-24-21-18-15-12-9-6-3)77-71(74)65-62-59-56-53-50-47-44-41-38-36-34-32-29-26-23-20-17-14-11-8-5-2/h7,10,16,19,23,25-28,30,32-35,38,40-41,43,68H,4-6,8-9,11-15,17-18,20-22,24,29,31,36-37,39,42,44-67H2,1-3H3/b10-7-,19-16-,26-23-,28-25-,30-27-,34-32-,35-33-,41-38-,43-40-. The van der Waals surface area contributed by atoms with Crippen molar-refractivity contribution in [2.24, 2.45) is 0 Å². The third-order valence-corrected chi connectivity index (χ3v) is 13.7. The Morgan fingerprint density at radius 3 is 0.805 bits per heavy atom. The molecule has 0 saturated carbocycles. The minimum Gasteiger partial charge on any atom is -0.462 e. The first-order valence-electron chi connectivity index (χ1n) is 32.4. The zero-order chi connectivity index (χ0) is 55.7. The maximum atomic E-state index is 12.9. The Morgan fingerprint density at radius 2 is 0.506 bits per heavy atom. The average Bonchev–Trinajstić information content (AvgIpc) is 3.43. The van der Waals surface area contributed by atoms with Crippen molar-refractivity contribution in [2.75, 3.05) is 13.2 Å². The molecule has 1 atom stereocenters. The van der Waals surface area contributed by atoms with E-state index in [2.05, 4.69) is 130 Å². The summed E-state index contributed by atoms with van der Waals surface area (Å²) in [4.78, 5) is 38.4. The van der Waals surface area contributed by atoms with Crippen molar-refractivity contribution in [1.29, 1.82) is 0 Å². The van der Waals surface area contributed by atoms with Crippen LogP contribution in [-0.4, -0.2) is 37.2 Å². The SMILES string of the molecule is CC/C=C\C/C=C\C/C=C\C/C=C\C/C=C\CCCCCCCC(=O)OCC(COC(=O)CCCCCCCCC/C=C\CCCCCCCC)OC(=O)CCCCCCCC/C=C\C/C=C\C/C=C\CCCCCCC. The van der Waals surface area contributed by atoms with Gasteiger partial charge in [-0.1, -0.05) is 265 Å². The third kappa shape index (κ3) is 62.8. The molecule has 0 N–H and O–H groups in total. The zero-order valence-electron chi connectivity index (χ0n) is 50.4. The van der Waals surface area contributed by atoms with Crippen LogP contribution in [0.5, 0.6) is 0 Å². The first-order valence-corrected chi connectivity index (χ1v) is 32.4. The van der Waals surface area contributed by atoms with Crippen LogP contribution in [0, 0.1) is 0 Å². The van der Waals surface area contributed by atoms with Crippen LogP contribution in [-0.2, 0) is 28.6 Å². The highest BCUT2D eigenvalue weighted by Crippen LogP contribution is 2.15. The van der Waals surface area contributed by atoms with Crippen molar-refractivity contribution < 1.29 is 28.6 Å². The molecule has 0 aliphatic rings. The molecule has 0 rings (SSSR count). The number of allylic oxidation sites excluding steroid dienone is 18. The molecule has 1 unspecified atom stereocenters. The number of esters is 3. The van der Waals surface area contributed by atoms with Gasteiger partial charge in [0.05, 0.1) is 0 Å². The molecule has 0 spiro atoms. The van der Waals surface area contributed by atoms with Gasteiger partial charge in [-0.15, -0.1) is 0 Å². The highest BCUT2D eigenvalue weighted by Gasteiger charge is 2.19. The second-order valence-corrected chi connectivity index (χ2v) is 21.3. The molecule has 0 radical (unpaired) electrons. The molecule has 6 nitrogen and oxygen atoms in total. The lowest BCUT2D eigenvalue weighted by molar-refractivity contribution is -0.167. The lowest BCUT2D eigenvalue weighted by Crippen LogP contribution is -2.30. The van der Waals surface area contributed by atoms with Gasteiger partial charge in [-0.25, -0.2) is 0 Å². The van der Waals surface area contributed by atoms with Crippen molar-refractivity contribution in [2.45, 2.75) is 309 Å². The molecular weight excluding hydrogens is 949 g/mol. The third-order valence-electron chi connectivity index (χ3n) is 13.7. The van der Waals surface area contributed by atoms with E-state index in [1.807, 2.05) is 0 Å². The second kappa shape index (κ2) is 64.6. The maximum absolute atomic E-state index is 12.9. The molecule has 0 aliphatic heterocycles. The normalized spacial score (nSPS) is 12.8. The topological polar surface area (TPSA) is 78.9 Å². The molecule has 0 amide bonds. The molecule has 0 fully saturated rings. The predicted molar refractivity (Wildman–Crippen MR) is 334 cm³/mol. The van der Waals surface area contributed by atoms with Crippen LogP contribution >= 0.6 is 0 Å². The van der Waals surface area contributed by atoms with Crippen LogP contribution in [0.1, 0.15) is 303 Å². The van der Waals surface area contributed by atoms with Gasteiger partial charge >= 0.3 is 17.9 Å². The first-order chi connectivity index (χ1) is 38.0. The lowest BCUT2D eigenvalue weighted by atomic mass is 10.1. The zero-order valence-corrected chi connectivity index (χ0v) is 50.4. The summed E-state index contributed by atoms with van der Waals surface area (Å²) in [6.45, 7) is 6.50. The molecule has 0 heterocycles. The Hall–Kier alpha value is -3.93. The Bertz CT molecular complexity index is 1560. The van der Waals surface area contributed by atoms with Crippen molar-refractivity contribution in [3.63, 3.8) is 0 Å². The van der Waals surface area contributed by atoms with Gasteiger partial charge in [-0.2, -0.15) is 0 Å². The van der Waals surface area contributed by atoms with E-state index in [4.69, 9.17) is 14.2 Å². The summed E-state index contributed by atoms with van der Waals surface area (Å²) in [6.07, 6.45) is 88.0. The second-order valence-electron chi connectivity index (χ2n) is 21.3. The number of carbonyl (C=O) groups is 3. The van der Waals surface area contributed by atoms with Crippen molar-refractivity contribution >= 4 is 17.9 Å². The van der Waals surface area contributed by atoms with Gasteiger partial charge in [0.2, 0.25) is 0 Å². The fourth-order valence-corrected chi connectivity index (χ4v) is 8.88. The molecule has 0 aromatic rings. The van der Waals surface area contributed by atoms with Gasteiger partial charge in [0, 0.05) is 19.3 Å². The van der Waals surface area contributed by atoms with Gasteiger partial charge in [-0.05, 0) is 128 Å². The summed E-state index contributed by atoms with van der Waals surface area (Å²) in [5.74, 6) is -0.921. The minimum atomic E-state index is -0.799. The Morgan fingerprint density at radius 1 is 0.273 bits per heavy atom. The average molecular weight is 1070 g/mol. The highest BCUT2D eigenvalue weighted by molar-refractivity contribution is 5.71. The van der Waals surface area contributed by atoms with Crippen LogP contribution in [0.25, 0.3) is 0 Å². The van der Waals surface area contributed by atoms with Gasteiger partial charge in [-0.3, -0.25) is 14.4 Å². The van der Waals surface area contributed by atoms with E-state index in [1.54, 1.807) is 0 Å². The monoisotopic (exact) mass is 1070 g/mol. The lowest BCUT2D eigenvalue weighted by Gasteiger charge is -2.18. The van der Waals surface area contributed by atoms with E-state index in [0.717, 1.165) is 135 Å². The molecular formula is C71H120O6. The number of rotatable bonds is 58. The molecule has 6 heteroatoms. The fourth-order valence-electron chi connectivity index (χ4n) is 8.88. The van der Waals surface area contributed by atoms with E-state index < -0.39 is 6.10 Å². The number of ether oxygens (including phenoxy) is 3. The fraction of sp³-hybridized carbons (Fsp3) is 0.704. The van der Waals surface area contributed by atoms with E-state index in [0.29, 0.717) is 19.3 Å². The first kappa shape index (κ1) is 73.1. The highest BCUT2D eigenvalue weighted by atomic mass is 16.6. The van der Waals surface area contributed by atoms with E-state index in [-0.39, 0.29) is 31.1 Å². The van der Waals surface area contributed by atoms with Gasteiger partial charge in [0.25, 0.3) is 0 Å². The van der Waals surface area contributed by atoms with Crippen LogP contribution in [0.15, 0.2) is 109 Å². The number of hydrogen-bond donors (Lipinski definition) is 0. The van der Waals surface area contributed by atoms with Crippen LogP contribution in [0.4, 0.5) is 0 Å². The van der Waals surface area contributed by atoms with Crippen LogP contribution < -0.4 is 0 Å². The Labute approximate surface area is 476 Å². The Kier molecular flexibility index (Phi) is 61.3. The van der Waals surface area contributed by atoms with Crippen molar-refractivity contribution in [3.05, 3.63) is 109 Å². The van der Waals surface area contributed by atoms with Crippen LogP contribution in [0.2, 0.25) is 0 Å². The van der Waals surface area contributed by atoms with Crippen molar-refractivity contribution in [1.82, 2.24) is 0 Å². The molecule has 0 bridgehead atoms. The summed E-state index contributed by atoms with van der Waals surface area (Å²) >= 11 is 0. The summed E-state index contributed by atoms with van der Waals surface area (Å²) in [6, 6.07) is 0. The molecule has 440 valence electrons. The smallest absolute Gasteiger partial charge is 0.306 e. The largest absolute Gasteiger partial charge is 0.462 e. The molecule has 77 heavy (non-hydrogen) atoms. The summed E-state index contributed by atoms with van der Waals surface area (Å²) in [7, 11) is 0. The number of carbonyl (C=O) groups excluding carboxylic acids is 3. The van der Waals surface area contributed by atoms with Gasteiger partial charge < -0.3 is 14.2 Å². The van der Waals surface area contributed by atoms with Gasteiger partial charge in [0.1, 0.15) is 13.2 Å². The molecule has 0 saturated heterocycles.